The molecular weight excluding hydrogens is 270 g/mol. The first-order chi connectivity index (χ1) is 9.42. The third-order valence-corrected chi connectivity index (χ3v) is 5.55. The van der Waals surface area contributed by atoms with Crippen molar-refractivity contribution in [2.45, 2.75) is 45.6 Å². The standard InChI is InChI=1S/C16H23NO2S/c1-15(2,3)14(18)17-8-6-16(7-9-17)13-12(4-10-19-16)5-11-20-13/h5,11H,4,6-10H2,1-3H3. The van der Waals surface area contributed by atoms with E-state index in [2.05, 4.69) is 11.4 Å². The van der Waals surface area contributed by atoms with Crippen molar-refractivity contribution in [2.24, 2.45) is 5.41 Å². The molecule has 0 saturated carbocycles. The van der Waals surface area contributed by atoms with E-state index in [0.29, 0.717) is 0 Å². The molecule has 0 N–H and O–H groups in total. The summed E-state index contributed by atoms with van der Waals surface area (Å²) in [5, 5.41) is 2.17. The third-order valence-electron chi connectivity index (χ3n) is 4.41. The van der Waals surface area contributed by atoms with Gasteiger partial charge in [-0.2, -0.15) is 0 Å². The van der Waals surface area contributed by atoms with Crippen molar-refractivity contribution in [2.75, 3.05) is 19.7 Å². The molecule has 1 aromatic rings. The molecule has 0 radical (unpaired) electrons. The Balaban J connectivity index is 1.76. The zero-order chi connectivity index (χ0) is 14.4. The number of nitrogens with zero attached hydrogens (tertiary/aromatic N) is 1. The van der Waals surface area contributed by atoms with Crippen LogP contribution < -0.4 is 0 Å². The maximum atomic E-state index is 12.4. The predicted octanol–water partition coefficient (Wildman–Crippen LogP) is 3.18. The normalized spacial score (nSPS) is 21.9. The number of amides is 1. The summed E-state index contributed by atoms with van der Waals surface area (Å²) in [5.41, 5.74) is 1.06. The molecule has 0 unspecified atom stereocenters. The smallest absolute Gasteiger partial charge is 0.227 e. The lowest BCUT2D eigenvalue weighted by atomic mass is 9.84. The molecule has 20 heavy (non-hydrogen) atoms. The first-order valence-corrected chi connectivity index (χ1v) is 8.31. The molecule has 1 saturated heterocycles. The molecule has 2 aliphatic heterocycles. The summed E-state index contributed by atoms with van der Waals surface area (Å²) in [4.78, 5) is 15.8. The monoisotopic (exact) mass is 293 g/mol. The zero-order valence-electron chi connectivity index (χ0n) is 12.6. The average molecular weight is 293 g/mol. The van der Waals surface area contributed by atoms with Crippen LogP contribution in [0.2, 0.25) is 0 Å². The number of likely N-dealkylation sites (tertiary alicyclic amines) is 1. The molecule has 110 valence electrons. The fourth-order valence-corrected chi connectivity index (χ4v) is 4.44. The summed E-state index contributed by atoms with van der Waals surface area (Å²) in [5.74, 6) is 0.259. The number of piperidine rings is 1. The topological polar surface area (TPSA) is 29.5 Å². The Labute approximate surface area is 124 Å². The van der Waals surface area contributed by atoms with E-state index in [4.69, 9.17) is 4.74 Å². The summed E-state index contributed by atoms with van der Waals surface area (Å²) in [6.07, 6.45) is 2.90. The van der Waals surface area contributed by atoms with Crippen molar-refractivity contribution < 1.29 is 9.53 Å². The van der Waals surface area contributed by atoms with Crippen LogP contribution in [0.25, 0.3) is 0 Å². The van der Waals surface area contributed by atoms with Crippen molar-refractivity contribution >= 4 is 17.2 Å². The van der Waals surface area contributed by atoms with E-state index >= 15 is 0 Å². The predicted molar refractivity (Wildman–Crippen MR) is 80.9 cm³/mol. The van der Waals surface area contributed by atoms with E-state index in [-0.39, 0.29) is 16.9 Å². The number of fused-ring (bicyclic) bond motifs is 2. The fraction of sp³-hybridized carbons (Fsp3) is 0.688. The zero-order valence-corrected chi connectivity index (χ0v) is 13.4. The first kappa shape index (κ1) is 14.1. The lowest BCUT2D eigenvalue weighted by Crippen LogP contribution is -2.50. The number of carbonyl (C=O) groups excluding carboxylic acids is 1. The minimum Gasteiger partial charge on any atom is -0.369 e. The summed E-state index contributed by atoms with van der Waals surface area (Å²) < 4.78 is 6.18. The average Bonchev–Trinajstić information content (AvgIpc) is 2.88. The lowest BCUT2D eigenvalue weighted by molar-refractivity contribution is -0.148. The highest BCUT2D eigenvalue weighted by Crippen LogP contribution is 2.44. The van der Waals surface area contributed by atoms with Crippen molar-refractivity contribution in [1.29, 1.82) is 0 Å². The van der Waals surface area contributed by atoms with Crippen LogP contribution in [0.5, 0.6) is 0 Å². The Morgan fingerprint density at radius 1 is 1.35 bits per heavy atom. The molecule has 0 aromatic carbocycles. The van der Waals surface area contributed by atoms with E-state index < -0.39 is 0 Å². The summed E-state index contributed by atoms with van der Waals surface area (Å²) in [6.45, 7) is 8.43. The third kappa shape index (κ3) is 2.29. The van der Waals surface area contributed by atoms with Crippen molar-refractivity contribution in [3.05, 3.63) is 21.9 Å². The number of ether oxygens (including phenoxy) is 1. The minimum absolute atomic E-state index is 0.115. The second-order valence-corrected chi connectivity index (χ2v) is 7.83. The number of rotatable bonds is 0. The Kier molecular flexibility index (Phi) is 3.41. The number of hydrogen-bond acceptors (Lipinski definition) is 3. The van der Waals surface area contributed by atoms with Crippen molar-refractivity contribution in [1.82, 2.24) is 4.90 Å². The Bertz CT molecular complexity index is 507. The SMILES string of the molecule is CC(C)(C)C(=O)N1CCC2(CC1)OCCc1ccsc12. The molecular formula is C16H23NO2S. The molecule has 2 aliphatic rings. The molecule has 3 nitrogen and oxygen atoms in total. The van der Waals surface area contributed by atoms with Crippen LogP contribution in [0.1, 0.15) is 44.1 Å². The van der Waals surface area contributed by atoms with Gasteiger partial charge in [0, 0.05) is 23.4 Å². The van der Waals surface area contributed by atoms with Crippen LogP contribution in [-0.4, -0.2) is 30.5 Å². The van der Waals surface area contributed by atoms with E-state index in [1.807, 2.05) is 37.0 Å². The highest BCUT2D eigenvalue weighted by atomic mass is 32.1. The first-order valence-electron chi connectivity index (χ1n) is 7.43. The number of carbonyl (C=O) groups is 1. The fourth-order valence-electron chi connectivity index (χ4n) is 3.27. The largest absolute Gasteiger partial charge is 0.369 e. The maximum Gasteiger partial charge on any atom is 0.227 e. The highest BCUT2D eigenvalue weighted by molar-refractivity contribution is 7.10. The van der Waals surface area contributed by atoms with Gasteiger partial charge in [0.25, 0.3) is 0 Å². The van der Waals surface area contributed by atoms with Gasteiger partial charge in [-0.25, -0.2) is 0 Å². The number of hydrogen-bond donors (Lipinski definition) is 0. The highest BCUT2D eigenvalue weighted by Gasteiger charge is 2.43. The van der Waals surface area contributed by atoms with Gasteiger partial charge in [0.1, 0.15) is 5.60 Å². The van der Waals surface area contributed by atoms with Gasteiger partial charge in [0.15, 0.2) is 0 Å². The number of thiophene rings is 1. The van der Waals surface area contributed by atoms with Crippen LogP contribution in [0.15, 0.2) is 11.4 Å². The molecule has 1 fully saturated rings. The van der Waals surface area contributed by atoms with Gasteiger partial charge >= 0.3 is 0 Å². The van der Waals surface area contributed by atoms with Crippen LogP contribution in [-0.2, 0) is 21.6 Å². The summed E-state index contributed by atoms with van der Waals surface area (Å²) in [7, 11) is 0. The van der Waals surface area contributed by atoms with E-state index in [1.165, 1.54) is 10.4 Å². The van der Waals surface area contributed by atoms with Crippen molar-refractivity contribution in [3.8, 4) is 0 Å². The lowest BCUT2D eigenvalue weighted by Gasteiger charge is -2.44. The summed E-state index contributed by atoms with van der Waals surface area (Å²) in [6, 6.07) is 2.23. The Morgan fingerprint density at radius 2 is 2.05 bits per heavy atom. The molecule has 0 atom stereocenters. The Morgan fingerprint density at radius 3 is 2.70 bits per heavy atom. The second-order valence-electron chi connectivity index (χ2n) is 6.91. The van der Waals surface area contributed by atoms with Crippen molar-refractivity contribution in [3.63, 3.8) is 0 Å². The van der Waals surface area contributed by atoms with Gasteiger partial charge < -0.3 is 9.64 Å². The van der Waals surface area contributed by atoms with E-state index in [0.717, 1.165) is 39.0 Å². The van der Waals surface area contributed by atoms with E-state index in [1.54, 1.807) is 0 Å². The molecule has 3 rings (SSSR count). The molecule has 1 aromatic heterocycles. The van der Waals surface area contributed by atoms with Crippen LogP contribution in [0.3, 0.4) is 0 Å². The molecule has 0 aliphatic carbocycles. The van der Waals surface area contributed by atoms with Gasteiger partial charge in [0.2, 0.25) is 5.91 Å². The van der Waals surface area contributed by atoms with Crippen LogP contribution in [0.4, 0.5) is 0 Å². The second kappa shape index (κ2) is 4.85. The molecule has 4 heteroatoms. The maximum absolute atomic E-state index is 12.4. The van der Waals surface area contributed by atoms with Gasteiger partial charge in [-0.3, -0.25) is 4.79 Å². The van der Waals surface area contributed by atoms with Gasteiger partial charge in [-0.05, 0) is 36.3 Å². The minimum atomic E-state index is -0.286. The molecule has 1 amide bonds. The summed E-state index contributed by atoms with van der Waals surface area (Å²) >= 11 is 1.82. The molecule has 0 bridgehead atoms. The van der Waals surface area contributed by atoms with Gasteiger partial charge in [-0.15, -0.1) is 11.3 Å². The Hall–Kier alpha value is -0.870. The van der Waals surface area contributed by atoms with Crippen LogP contribution >= 0.6 is 11.3 Å². The van der Waals surface area contributed by atoms with Gasteiger partial charge in [0.05, 0.1) is 6.61 Å². The van der Waals surface area contributed by atoms with Gasteiger partial charge in [-0.1, -0.05) is 20.8 Å². The van der Waals surface area contributed by atoms with E-state index in [9.17, 15) is 4.79 Å². The van der Waals surface area contributed by atoms with Crippen LogP contribution in [0, 0.1) is 5.41 Å². The molecule has 1 spiro atoms. The quantitative estimate of drug-likeness (QED) is 0.735. The molecule has 3 heterocycles.